The van der Waals surface area contributed by atoms with Crippen LogP contribution in [0.1, 0.15) is 42.5 Å². The molecule has 0 aliphatic heterocycles. The maximum atomic E-state index is 11.4. The molecular formula is C19H22N6O2. The molecule has 0 unspecified atom stereocenters. The molecule has 4 N–H and O–H groups in total. The average Bonchev–Trinajstić information content (AvgIpc) is 3.16. The molecule has 2 aromatic heterocycles. The second-order valence-electron chi connectivity index (χ2n) is 6.84. The van der Waals surface area contributed by atoms with Gasteiger partial charge in [0, 0.05) is 11.3 Å². The first-order valence-corrected chi connectivity index (χ1v) is 9.20. The number of fused-ring (bicyclic) bond motifs is 1. The van der Waals surface area contributed by atoms with Crippen LogP contribution in [0.4, 0.5) is 11.6 Å². The minimum atomic E-state index is -0.487. The number of nitrogens with zero attached hydrogens (tertiary/aromatic N) is 3. The maximum absolute atomic E-state index is 11.4. The van der Waals surface area contributed by atoms with E-state index in [2.05, 4.69) is 25.3 Å². The zero-order valence-electron chi connectivity index (χ0n) is 14.9. The summed E-state index contributed by atoms with van der Waals surface area (Å²) in [7, 11) is 0. The van der Waals surface area contributed by atoms with Crippen LogP contribution in [-0.2, 0) is 0 Å². The Morgan fingerprint density at radius 3 is 2.93 bits per heavy atom. The van der Waals surface area contributed by atoms with E-state index in [0.29, 0.717) is 46.8 Å². The van der Waals surface area contributed by atoms with Crippen LogP contribution in [-0.4, -0.2) is 32.4 Å². The number of hydrogen-bond acceptors (Lipinski definition) is 6. The van der Waals surface area contributed by atoms with Gasteiger partial charge in [-0.3, -0.25) is 4.79 Å². The lowest BCUT2D eigenvalue weighted by atomic mass is 9.90. The lowest BCUT2D eigenvalue weighted by molar-refractivity contribution is 0.100. The third kappa shape index (κ3) is 3.99. The van der Waals surface area contributed by atoms with E-state index in [0.717, 1.165) is 0 Å². The van der Waals surface area contributed by atoms with Crippen LogP contribution in [0.2, 0.25) is 0 Å². The number of nitrogens with two attached hydrogens (primary N) is 1. The fourth-order valence-electron chi connectivity index (χ4n) is 3.40. The highest BCUT2D eigenvalue weighted by Crippen LogP contribution is 2.27. The molecule has 0 spiro atoms. The number of amides is 1. The highest BCUT2D eigenvalue weighted by atomic mass is 16.5. The molecule has 140 valence electrons. The van der Waals surface area contributed by atoms with Crippen molar-refractivity contribution in [2.75, 3.05) is 11.9 Å². The topological polar surface area (TPSA) is 119 Å². The molecule has 0 atom stereocenters. The third-order valence-electron chi connectivity index (χ3n) is 4.84. The van der Waals surface area contributed by atoms with Gasteiger partial charge < -0.3 is 20.8 Å². The summed E-state index contributed by atoms with van der Waals surface area (Å²) in [4.78, 5) is 27.5. The van der Waals surface area contributed by atoms with Crippen LogP contribution in [0.3, 0.4) is 0 Å². The predicted octanol–water partition coefficient (Wildman–Crippen LogP) is 3.15. The zero-order chi connectivity index (χ0) is 18.6. The molecule has 1 amide bonds. The Kier molecular flexibility index (Phi) is 4.86. The molecular weight excluding hydrogens is 344 g/mol. The standard InChI is InChI=1S/C19H22N6O2/c20-16(26)13-7-4-8-14(9-13)23-19-24-17-15(21-11-22-17)18(25-19)27-10-12-5-2-1-3-6-12/h4,7-9,11-12H,1-3,5-6,10H2,(H2,20,26)(H2,21,22,23,24,25). The molecule has 1 fully saturated rings. The number of anilines is 2. The number of rotatable bonds is 6. The minimum Gasteiger partial charge on any atom is -0.476 e. The molecule has 1 aliphatic carbocycles. The highest BCUT2D eigenvalue weighted by molar-refractivity contribution is 5.93. The Labute approximate surface area is 156 Å². The number of imidazole rings is 1. The molecule has 1 saturated carbocycles. The number of primary amides is 1. The van der Waals surface area contributed by atoms with E-state index in [-0.39, 0.29) is 0 Å². The number of carbonyl (C=O) groups is 1. The van der Waals surface area contributed by atoms with Gasteiger partial charge in [-0.05, 0) is 37.0 Å². The molecule has 0 radical (unpaired) electrons. The molecule has 0 saturated heterocycles. The summed E-state index contributed by atoms with van der Waals surface area (Å²) in [6, 6.07) is 6.87. The molecule has 1 aromatic carbocycles. The largest absolute Gasteiger partial charge is 0.476 e. The van der Waals surface area contributed by atoms with Crippen molar-refractivity contribution in [3.63, 3.8) is 0 Å². The SMILES string of the molecule is NC(=O)c1cccc(Nc2nc(OCC3CCCCC3)c3[nH]cnc3n2)c1. The number of carbonyl (C=O) groups excluding carboxylic acids is 1. The van der Waals surface area contributed by atoms with Gasteiger partial charge in [0.2, 0.25) is 17.7 Å². The van der Waals surface area contributed by atoms with Crippen molar-refractivity contribution in [1.82, 2.24) is 19.9 Å². The lowest BCUT2D eigenvalue weighted by Gasteiger charge is -2.21. The Morgan fingerprint density at radius 2 is 2.11 bits per heavy atom. The molecule has 4 rings (SSSR count). The molecule has 0 bridgehead atoms. The van der Waals surface area contributed by atoms with Gasteiger partial charge in [0.15, 0.2) is 5.65 Å². The minimum absolute atomic E-state index is 0.356. The third-order valence-corrected chi connectivity index (χ3v) is 4.84. The molecule has 8 heteroatoms. The van der Waals surface area contributed by atoms with Crippen LogP contribution in [0.25, 0.3) is 11.2 Å². The molecule has 1 aliphatic rings. The maximum Gasteiger partial charge on any atom is 0.248 e. The van der Waals surface area contributed by atoms with E-state index in [4.69, 9.17) is 10.5 Å². The first-order valence-electron chi connectivity index (χ1n) is 9.20. The molecule has 3 aromatic rings. The summed E-state index contributed by atoms with van der Waals surface area (Å²) in [6.45, 7) is 0.641. The van der Waals surface area contributed by atoms with Gasteiger partial charge in [-0.2, -0.15) is 9.97 Å². The average molecular weight is 366 g/mol. The summed E-state index contributed by atoms with van der Waals surface area (Å²) >= 11 is 0. The number of benzene rings is 1. The summed E-state index contributed by atoms with van der Waals surface area (Å²) in [6.07, 6.45) is 7.81. The molecule has 8 nitrogen and oxygen atoms in total. The van der Waals surface area contributed by atoms with Gasteiger partial charge in [0.05, 0.1) is 12.9 Å². The first-order chi connectivity index (χ1) is 13.2. The van der Waals surface area contributed by atoms with E-state index in [9.17, 15) is 4.79 Å². The number of nitrogens with one attached hydrogen (secondary N) is 2. The van der Waals surface area contributed by atoms with Crippen molar-refractivity contribution in [2.45, 2.75) is 32.1 Å². The fourth-order valence-corrected chi connectivity index (χ4v) is 3.40. The van der Waals surface area contributed by atoms with Gasteiger partial charge in [-0.15, -0.1) is 0 Å². The van der Waals surface area contributed by atoms with E-state index in [1.54, 1.807) is 24.5 Å². The predicted molar refractivity (Wildman–Crippen MR) is 102 cm³/mol. The van der Waals surface area contributed by atoms with E-state index < -0.39 is 5.91 Å². The Balaban J connectivity index is 1.56. The normalized spacial score (nSPS) is 15.0. The van der Waals surface area contributed by atoms with Crippen molar-refractivity contribution in [2.24, 2.45) is 11.7 Å². The lowest BCUT2D eigenvalue weighted by Crippen LogP contribution is -2.16. The summed E-state index contributed by atoms with van der Waals surface area (Å²) in [5, 5.41) is 3.10. The van der Waals surface area contributed by atoms with Gasteiger partial charge in [0.25, 0.3) is 0 Å². The smallest absolute Gasteiger partial charge is 0.248 e. The number of aromatic amines is 1. The number of aromatic nitrogens is 4. The monoisotopic (exact) mass is 366 g/mol. The van der Waals surface area contributed by atoms with Gasteiger partial charge in [-0.25, -0.2) is 4.98 Å². The van der Waals surface area contributed by atoms with Crippen LogP contribution in [0, 0.1) is 5.92 Å². The Hall–Kier alpha value is -3.16. The van der Waals surface area contributed by atoms with Gasteiger partial charge in [-0.1, -0.05) is 25.3 Å². The van der Waals surface area contributed by atoms with Crippen LogP contribution < -0.4 is 15.8 Å². The summed E-state index contributed by atoms with van der Waals surface area (Å²) < 4.78 is 6.02. The summed E-state index contributed by atoms with van der Waals surface area (Å²) in [5.74, 6) is 0.917. The van der Waals surface area contributed by atoms with E-state index in [1.807, 2.05) is 6.07 Å². The van der Waals surface area contributed by atoms with Gasteiger partial charge >= 0.3 is 0 Å². The number of ether oxygens (including phenoxy) is 1. The number of H-pyrrole nitrogens is 1. The van der Waals surface area contributed by atoms with Crippen LogP contribution in [0.15, 0.2) is 30.6 Å². The van der Waals surface area contributed by atoms with Crippen molar-refractivity contribution in [1.29, 1.82) is 0 Å². The number of hydrogen-bond donors (Lipinski definition) is 3. The molecule has 2 heterocycles. The molecule has 27 heavy (non-hydrogen) atoms. The van der Waals surface area contributed by atoms with E-state index in [1.165, 1.54) is 32.1 Å². The Bertz CT molecular complexity index is 948. The first kappa shape index (κ1) is 17.3. The van der Waals surface area contributed by atoms with E-state index >= 15 is 0 Å². The van der Waals surface area contributed by atoms with Crippen molar-refractivity contribution in [3.8, 4) is 5.88 Å². The summed E-state index contributed by atoms with van der Waals surface area (Å²) in [5.41, 5.74) is 7.62. The quantitative estimate of drug-likeness (QED) is 0.616. The fraction of sp³-hybridized carbons (Fsp3) is 0.368. The van der Waals surface area contributed by atoms with Crippen molar-refractivity contribution in [3.05, 3.63) is 36.2 Å². The van der Waals surface area contributed by atoms with Crippen LogP contribution in [0.5, 0.6) is 5.88 Å². The zero-order valence-corrected chi connectivity index (χ0v) is 14.9. The van der Waals surface area contributed by atoms with Gasteiger partial charge in [0.1, 0.15) is 5.52 Å². The Morgan fingerprint density at radius 1 is 1.26 bits per heavy atom. The highest BCUT2D eigenvalue weighted by Gasteiger charge is 2.17. The second kappa shape index (κ2) is 7.61. The second-order valence-corrected chi connectivity index (χ2v) is 6.84. The van der Waals surface area contributed by atoms with Crippen molar-refractivity contribution >= 4 is 28.7 Å². The van der Waals surface area contributed by atoms with Crippen molar-refractivity contribution < 1.29 is 9.53 Å². The van der Waals surface area contributed by atoms with Crippen LogP contribution >= 0.6 is 0 Å².